The van der Waals surface area contributed by atoms with Crippen LogP contribution in [0.1, 0.15) is 73.3 Å². The van der Waals surface area contributed by atoms with E-state index in [-0.39, 0.29) is 64.7 Å². The predicted molar refractivity (Wildman–Crippen MR) is 282 cm³/mol. The molecule has 337 valence electrons. The van der Waals surface area contributed by atoms with Crippen LogP contribution in [0, 0.1) is 51.9 Å². The van der Waals surface area contributed by atoms with E-state index in [9.17, 15) is 0 Å². The number of furan rings is 1. The summed E-state index contributed by atoms with van der Waals surface area (Å²) in [5.41, 5.74) is 6.06. The third-order valence-electron chi connectivity index (χ3n) is 11.9. The average molecular weight is 1070 g/mol. The van der Waals surface area contributed by atoms with E-state index < -0.39 is 39.2 Å². The Morgan fingerprint density at radius 3 is 1.99 bits per heavy atom. The molecule has 3 aromatic heterocycles. The second-order valence-corrected chi connectivity index (χ2v) is 17.8. The molecule has 0 unspecified atom stereocenters. The number of aryl methyl sites for hydroxylation is 5. The molecule has 0 saturated heterocycles. The zero-order chi connectivity index (χ0) is 58.2. The number of nitrogens with zero attached hydrogens (tertiary/aromatic N) is 2. The standard InChI is InChI=1S/C41H30NO.C23H24N.Ir/c1-24-12-14-29(15-13-24)35-20-26(3)36(21-25(35)2)37-22-38(42-23-27(37)4)34-11-7-10-32-33-19-18-30-17-16-28-8-5-6-9-31(28)39(30)41(33)43-40(32)34;1-17-10-12-20(14-21(17)19-8-6-5-7-9-19)22-13-11-18(16-24-22)15-23(2,3)4;/h5-10,12-23H,1-4H3;5-11,13-14,16H,15H2,1-4H3;/q2*-1;/i2D3,3D3,4D3;1D3,15D2;. The van der Waals surface area contributed by atoms with E-state index in [0.29, 0.717) is 44.7 Å². The van der Waals surface area contributed by atoms with Crippen LogP contribution in [0.25, 0.3) is 99.4 Å². The summed E-state index contributed by atoms with van der Waals surface area (Å²) in [6.45, 7) is -2.88. The number of hydrogen-bond donors (Lipinski definition) is 0. The fourth-order valence-corrected chi connectivity index (χ4v) is 8.64. The fourth-order valence-electron chi connectivity index (χ4n) is 8.64. The van der Waals surface area contributed by atoms with Gasteiger partial charge in [-0.05, 0) is 117 Å². The van der Waals surface area contributed by atoms with E-state index in [4.69, 9.17) is 23.6 Å². The van der Waals surface area contributed by atoms with E-state index in [2.05, 4.69) is 46.4 Å². The summed E-state index contributed by atoms with van der Waals surface area (Å²) >= 11 is 0. The van der Waals surface area contributed by atoms with E-state index in [1.807, 2.05) is 100 Å². The van der Waals surface area contributed by atoms with Crippen LogP contribution in [0.4, 0.5) is 0 Å². The molecule has 0 N–H and O–H groups in total. The number of aromatic nitrogens is 2. The van der Waals surface area contributed by atoms with Crippen molar-refractivity contribution < 1.29 is 43.7 Å². The molecular weight excluding hydrogens is 1000 g/mol. The summed E-state index contributed by atoms with van der Waals surface area (Å²) in [7, 11) is 0. The van der Waals surface area contributed by atoms with Crippen molar-refractivity contribution in [3.05, 3.63) is 216 Å². The minimum atomic E-state index is -2.73. The third-order valence-corrected chi connectivity index (χ3v) is 11.9. The van der Waals surface area contributed by atoms with E-state index in [1.54, 1.807) is 42.6 Å². The maximum atomic E-state index is 8.54. The molecule has 0 atom stereocenters. The molecule has 68 heavy (non-hydrogen) atoms. The molecule has 11 rings (SSSR count). The number of fused-ring (bicyclic) bond motifs is 7. The molecular formula is C64H54IrN2O-2. The quantitative estimate of drug-likeness (QED) is 0.123. The summed E-state index contributed by atoms with van der Waals surface area (Å²) < 4.78 is 123. The van der Waals surface area contributed by atoms with Crippen LogP contribution in [0.15, 0.2) is 175 Å². The SMILES string of the molecule is [2H]C([2H])([2H])c1c[c-]c(-c2ccc(C([2H])([2H])C(C)(C)C)cn2)cc1-c1ccccc1.[2H]C([2H])([2H])c1cc(-c2cc(-c3[c-]ccc4c3oc3c4ccc4ccc5ccccc5c43)ncc2C([2H])([2H])[2H])c(C([2H])([2H])[2H])cc1-c1ccc(C)cc1.[Ir]. The molecule has 0 saturated carbocycles. The number of hydrogen-bond acceptors (Lipinski definition) is 3. The molecule has 1 radical (unpaired) electrons. The summed E-state index contributed by atoms with van der Waals surface area (Å²) in [6, 6.07) is 53.7. The van der Waals surface area contributed by atoms with Gasteiger partial charge in [0.15, 0.2) is 0 Å². The van der Waals surface area contributed by atoms with Gasteiger partial charge in [-0.3, -0.25) is 0 Å². The van der Waals surface area contributed by atoms with Crippen LogP contribution in [0.2, 0.25) is 0 Å². The Morgan fingerprint density at radius 2 is 1.22 bits per heavy atom. The van der Waals surface area contributed by atoms with Gasteiger partial charge in [-0.2, -0.15) is 0 Å². The topological polar surface area (TPSA) is 38.9 Å². The Labute approximate surface area is 434 Å². The normalized spacial score (nSPS) is 15.5. The smallest absolute Gasteiger partial charge is 0.129 e. The molecule has 11 aromatic rings. The number of rotatable bonds is 6. The first-order chi connectivity index (χ1) is 38.0. The van der Waals surface area contributed by atoms with Crippen LogP contribution >= 0.6 is 0 Å². The minimum absolute atomic E-state index is 0. The first-order valence-electron chi connectivity index (χ1n) is 29.0. The monoisotopic (exact) mass is 1070 g/mol. The van der Waals surface area contributed by atoms with Crippen molar-refractivity contribution in [2.24, 2.45) is 5.41 Å². The van der Waals surface area contributed by atoms with Crippen LogP contribution in [-0.2, 0) is 26.5 Å². The van der Waals surface area contributed by atoms with Gasteiger partial charge in [-0.1, -0.05) is 183 Å². The molecule has 4 heteroatoms. The van der Waals surface area contributed by atoms with Gasteiger partial charge in [-0.15, -0.1) is 47.5 Å². The maximum absolute atomic E-state index is 8.54. The molecule has 3 nitrogen and oxygen atoms in total. The Morgan fingerprint density at radius 1 is 0.559 bits per heavy atom. The van der Waals surface area contributed by atoms with Crippen LogP contribution in [0.3, 0.4) is 0 Å². The van der Waals surface area contributed by atoms with Gasteiger partial charge in [-0.25, -0.2) is 0 Å². The van der Waals surface area contributed by atoms with E-state index in [0.717, 1.165) is 43.4 Å². The average Bonchev–Trinajstić information content (AvgIpc) is 3.84. The molecule has 0 aliphatic heterocycles. The fraction of sp³-hybridized carbons (Fsp3) is 0.156. The predicted octanol–water partition coefficient (Wildman–Crippen LogP) is 17.4. The summed E-state index contributed by atoms with van der Waals surface area (Å²) in [6.07, 6.45) is 1.24. The third kappa shape index (κ3) is 9.20. The zero-order valence-corrected chi connectivity index (χ0v) is 40.2. The molecule has 0 aliphatic carbocycles. The summed E-state index contributed by atoms with van der Waals surface area (Å²) in [5.74, 6) is 0. The summed E-state index contributed by atoms with van der Waals surface area (Å²) in [4.78, 5) is 9.01. The first-order valence-corrected chi connectivity index (χ1v) is 22.0. The van der Waals surface area contributed by atoms with Crippen molar-refractivity contribution in [1.29, 1.82) is 0 Å². The van der Waals surface area contributed by atoms with Crippen LogP contribution < -0.4 is 0 Å². The number of benzene rings is 8. The molecule has 0 amide bonds. The van der Waals surface area contributed by atoms with Gasteiger partial charge < -0.3 is 14.4 Å². The Kier molecular flexibility index (Phi) is 8.90. The second-order valence-electron chi connectivity index (χ2n) is 17.8. The second kappa shape index (κ2) is 19.0. The van der Waals surface area contributed by atoms with Crippen LogP contribution in [-0.4, -0.2) is 9.97 Å². The van der Waals surface area contributed by atoms with Crippen molar-refractivity contribution in [1.82, 2.24) is 9.97 Å². The Hall–Kier alpha value is -6.97. The summed E-state index contributed by atoms with van der Waals surface area (Å²) in [5, 5.41) is 5.75. The van der Waals surface area contributed by atoms with Gasteiger partial charge in [0.05, 0.1) is 5.58 Å². The van der Waals surface area contributed by atoms with Crippen LogP contribution in [0.5, 0.6) is 0 Å². The molecule has 3 heterocycles. The van der Waals surface area contributed by atoms with Crippen molar-refractivity contribution in [2.75, 3.05) is 0 Å². The van der Waals surface area contributed by atoms with Crippen molar-refractivity contribution in [3.8, 4) is 55.9 Å². The van der Waals surface area contributed by atoms with Crippen molar-refractivity contribution in [3.63, 3.8) is 0 Å². The van der Waals surface area contributed by atoms with E-state index in [1.165, 1.54) is 30.5 Å². The van der Waals surface area contributed by atoms with Gasteiger partial charge in [0.1, 0.15) is 5.58 Å². The largest absolute Gasteiger partial charge is 0.500 e. The molecule has 0 fully saturated rings. The van der Waals surface area contributed by atoms with Crippen molar-refractivity contribution >= 4 is 43.5 Å². The van der Waals surface area contributed by atoms with E-state index >= 15 is 0 Å². The number of pyridine rings is 2. The zero-order valence-electron chi connectivity index (χ0n) is 51.8. The maximum Gasteiger partial charge on any atom is 0.129 e. The first kappa shape index (κ1) is 31.9. The minimum Gasteiger partial charge on any atom is -0.500 e. The molecule has 0 bridgehead atoms. The molecule has 8 aromatic carbocycles. The Bertz CT molecular complexity index is 4180. The molecule has 0 spiro atoms. The molecule has 0 aliphatic rings. The Balaban J connectivity index is 0.000000230. The van der Waals surface area contributed by atoms with Crippen molar-refractivity contribution in [2.45, 2.75) is 61.5 Å². The van der Waals surface area contributed by atoms with Gasteiger partial charge in [0, 0.05) is 62.5 Å². The van der Waals surface area contributed by atoms with Gasteiger partial charge in [0.2, 0.25) is 0 Å². The van der Waals surface area contributed by atoms with Gasteiger partial charge in [0.25, 0.3) is 0 Å². The van der Waals surface area contributed by atoms with Gasteiger partial charge >= 0.3 is 0 Å².